The fourth-order valence-electron chi connectivity index (χ4n) is 3.69. The van der Waals surface area contributed by atoms with E-state index in [9.17, 15) is 9.18 Å². The molecule has 10 heteroatoms. The van der Waals surface area contributed by atoms with Crippen LogP contribution in [0.25, 0.3) is 11.4 Å². The van der Waals surface area contributed by atoms with Crippen LogP contribution in [0, 0.1) is 12.7 Å². The maximum Gasteiger partial charge on any atom is 0.244 e. The first kappa shape index (κ1) is 22.4. The normalized spacial score (nSPS) is 14.0. The average Bonchev–Trinajstić information content (AvgIpc) is 3.08. The van der Waals surface area contributed by atoms with Crippen LogP contribution in [-0.4, -0.2) is 58.9 Å². The average molecular weight is 478 g/mol. The highest BCUT2D eigenvalue weighted by atomic mass is 35.5. The number of piperazine rings is 1. The van der Waals surface area contributed by atoms with E-state index in [4.69, 9.17) is 27.9 Å². The second-order valence-electron chi connectivity index (χ2n) is 7.43. The molecule has 3 aromatic rings. The van der Waals surface area contributed by atoms with Gasteiger partial charge in [-0.25, -0.2) is 4.39 Å². The van der Waals surface area contributed by atoms with E-state index in [0.717, 1.165) is 0 Å². The van der Waals surface area contributed by atoms with E-state index >= 15 is 0 Å². The number of rotatable bonds is 5. The SMILES string of the molecule is COc1cc(N2CCN(C(=O)Cn3nc(-c4ccccn4)c(Cl)c3C)CC2)c(F)cc1Cl. The molecule has 1 saturated heterocycles. The molecule has 0 saturated carbocycles. The van der Waals surface area contributed by atoms with E-state index in [1.54, 1.807) is 21.8 Å². The Bertz CT molecular complexity index is 1130. The lowest BCUT2D eigenvalue weighted by Crippen LogP contribution is -2.50. The van der Waals surface area contributed by atoms with Crippen LogP contribution in [-0.2, 0) is 11.3 Å². The van der Waals surface area contributed by atoms with Gasteiger partial charge in [-0.1, -0.05) is 29.3 Å². The van der Waals surface area contributed by atoms with E-state index in [-0.39, 0.29) is 17.5 Å². The molecular weight excluding hydrogens is 456 g/mol. The number of hydrogen-bond donors (Lipinski definition) is 0. The smallest absolute Gasteiger partial charge is 0.244 e. The molecule has 1 aromatic carbocycles. The van der Waals surface area contributed by atoms with Gasteiger partial charge in [-0.3, -0.25) is 14.5 Å². The van der Waals surface area contributed by atoms with Crippen molar-refractivity contribution in [1.82, 2.24) is 19.7 Å². The van der Waals surface area contributed by atoms with Gasteiger partial charge >= 0.3 is 0 Å². The number of ether oxygens (including phenoxy) is 1. The molecule has 0 N–H and O–H groups in total. The Kier molecular flexibility index (Phi) is 6.53. The van der Waals surface area contributed by atoms with Crippen molar-refractivity contribution >= 4 is 34.8 Å². The number of amides is 1. The summed E-state index contributed by atoms with van der Waals surface area (Å²) in [5.74, 6) is -0.0793. The number of methoxy groups -OCH3 is 1. The van der Waals surface area contributed by atoms with Crippen LogP contribution < -0.4 is 9.64 Å². The predicted octanol–water partition coefficient (Wildman–Crippen LogP) is 4.06. The molecule has 0 radical (unpaired) electrons. The van der Waals surface area contributed by atoms with E-state index in [1.165, 1.54) is 13.2 Å². The first-order valence-corrected chi connectivity index (χ1v) is 10.8. The molecule has 32 heavy (non-hydrogen) atoms. The highest BCUT2D eigenvalue weighted by molar-refractivity contribution is 6.33. The highest BCUT2D eigenvalue weighted by Crippen LogP contribution is 2.33. The molecule has 0 bridgehead atoms. The molecule has 1 aliphatic heterocycles. The molecule has 1 fully saturated rings. The first-order valence-electron chi connectivity index (χ1n) is 10.1. The lowest BCUT2D eigenvalue weighted by molar-refractivity contribution is -0.132. The first-order chi connectivity index (χ1) is 15.4. The van der Waals surface area contributed by atoms with Gasteiger partial charge in [0.05, 0.1) is 34.2 Å². The molecule has 2 aromatic heterocycles. The van der Waals surface area contributed by atoms with Gasteiger partial charge in [0.25, 0.3) is 0 Å². The number of anilines is 1. The van der Waals surface area contributed by atoms with Gasteiger partial charge < -0.3 is 14.5 Å². The maximum absolute atomic E-state index is 14.4. The van der Waals surface area contributed by atoms with E-state index in [2.05, 4.69) is 10.1 Å². The molecule has 0 atom stereocenters. The second-order valence-corrected chi connectivity index (χ2v) is 8.21. The number of nitrogens with zero attached hydrogens (tertiary/aromatic N) is 5. The summed E-state index contributed by atoms with van der Waals surface area (Å²) >= 11 is 12.4. The van der Waals surface area contributed by atoms with Crippen LogP contribution in [0.1, 0.15) is 5.69 Å². The lowest BCUT2D eigenvalue weighted by Gasteiger charge is -2.36. The molecule has 0 unspecified atom stereocenters. The van der Waals surface area contributed by atoms with E-state index in [1.807, 2.05) is 30.0 Å². The van der Waals surface area contributed by atoms with Gasteiger partial charge in [0.15, 0.2) is 0 Å². The summed E-state index contributed by atoms with van der Waals surface area (Å²) in [7, 11) is 1.49. The summed E-state index contributed by atoms with van der Waals surface area (Å²) in [6.07, 6.45) is 1.67. The van der Waals surface area contributed by atoms with Crippen LogP contribution in [0.15, 0.2) is 36.5 Å². The van der Waals surface area contributed by atoms with Crippen molar-refractivity contribution in [1.29, 1.82) is 0 Å². The molecule has 7 nitrogen and oxygen atoms in total. The Labute approximate surface area is 195 Å². The van der Waals surface area contributed by atoms with Gasteiger partial charge in [0.1, 0.15) is 23.8 Å². The Morgan fingerprint density at radius 3 is 2.59 bits per heavy atom. The molecule has 1 aliphatic rings. The van der Waals surface area contributed by atoms with Crippen LogP contribution >= 0.6 is 23.2 Å². The quantitative estimate of drug-likeness (QED) is 0.554. The highest BCUT2D eigenvalue weighted by Gasteiger charge is 2.25. The van der Waals surface area contributed by atoms with Crippen LogP contribution in [0.2, 0.25) is 10.0 Å². The largest absolute Gasteiger partial charge is 0.495 e. The van der Waals surface area contributed by atoms with Gasteiger partial charge in [-0.2, -0.15) is 5.10 Å². The van der Waals surface area contributed by atoms with Crippen molar-refractivity contribution in [2.75, 3.05) is 38.2 Å². The van der Waals surface area contributed by atoms with Gasteiger partial charge in [-0.15, -0.1) is 0 Å². The monoisotopic (exact) mass is 477 g/mol. The molecular formula is C22H22Cl2FN5O2. The minimum absolute atomic E-state index is 0.0709. The summed E-state index contributed by atoms with van der Waals surface area (Å²) in [4.78, 5) is 20.8. The Hall–Kier alpha value is -2.84. The second kappa shape index (κ2) is 9.34. The Balaban J connectivity index is 1.43. The third-order valence-electron chi connectivity index (χ3n) is 5.52. The Morgan fingerprint density at radius 1 is 1.19 bits per heavy atom. The van der Waals surface area contributed by atoms with Crippen molar-refractivity contribution in [3.63, 3.8) is 0 Å². The number of pyridine rings is 1. The van der Waals surface area contributed by atoms with Crippen LogP contribution in [0.4, 0.5) is 10.1 Å². The number of hydrogen-bond acceptors (Lipinski definition) is 5. The molecule has 3 heterocycles. The maximum atomic E-state index is 14.4. The zero-order valence-corrected chi connectivity index (χ0v) is 19.2. The number of carbonyl (C=O) groups excluding carboxylic acids is 1. The Morgan fingerprint density at radius 2 is 1.94 bits per heavy atom. The standard InChI is InChI=1S/C22H22Cl2FN5O2/c1-14-21(24)22(17-5-3-4-6-26-17)27-30(14)13-20(31)29-9-7-28(8-10-29)18-12-19(32-2)15(23)11-16(18)25/h3-6,11-12H,7-10,13H2,1-2H3. The van der Waals surface area contributed by atoms with Crippen molar-refractivity contribution < 1.29 is 13.9 Å². The zero-order chi connectivity index (χ0) is 22.8. The zero-order valence-electron chi connectivity index (χ0n) is 17.7. The van der Waals surface area contributed by atoms with E-state index < -0.39 is 5.82 Å². The molecule has 168 valence electrons. The minimum atomic E-state index is -0.417. The van der Waals surface area contributed by atoms with Crippen molar-refractivity contribution in [2.24, 2.45) is 0 Å². The lowest BCUT2D eigenvalue weighted by atomic mass is 10.2. The molecule has 1 amide bonds. The number of carbonyl (C=O) groups is 1. The summed E-state index contributed by atoms with van der Waals surface area (Å²) < 4.78 is 21.2. The minimum Gasteiger partial charge on any atom is -0.495 e. The summed E-state index contributed by atoms with van der Waals surface area (Å²) in [6.45, 7) is 3.80. The topological polar surface area (TPSA) is 63.5 Å². The van der Waals surface area contributed by atoms with Crippen molar-refractivity contribution in [3.8, 4) is 17.1 Å². The summed E-state index contributed by atoms with van der Waals surface area (Å²) in [5.41, 5.74) is 2.32. The number of aromatic nitrogens is 3. The van der Waals surface area contributed by atoms with Gasteiger partial charge in [0.2, 0.25) is 5.91 Å². The van der Waals surface area contributed by atoms with Gasteiger partial charge in [-0.05, 0) is 25.1 Å². The summed E-state index contributed by atoms with van der Waals surface area (Å²) in [5, 5.41) is 5.21. The van der Waals surface area contributed by atoms with Crippen molar-refractivity contribution in [3.05, 3.63) is 58.1 Å². The third kappa shape index (κ3) is 4.38. The molecule has 4 rings (SSSR count). The van der Waals surface area contributed by atoms with Crippen LogP contribution in [0.3, 0.4) is 0 Å². The fraction of sp³-hybridized carbons (Fsp3) is 0.318. The number of halogens is 3. The van der Waals surface area contributed by atoms with Crippen molar-refractivity contribution in [2.45, 2.75) is 13.5 Å². The fourth-order valence-corrected chi connectivity index (χ4v) is 4.15. The summed E-state index contributed by atoms with van der Waals surface area (Å²) in [6, 6.07) is 8.33. The molecule has 0 spiro atoms. The third-order valence-corrected chi connectivity index (χ3v) is 6.27. The number of benzene rings is 1. The molecule has 0 aliphatic carbocycles. The van der Waals surface area contributed by atoms with E-state index in [0.29, 0.717) is 59.7 Å². The van der Waals surface area contributed by atoms with Gasteiger partial charge in [0, 0.05) is 38.4 Å². The predicted molar refractivity (Wildman–Crippen MR) is 122 cm³/mol. The van der Waals surface area contributed by atoms with Crippen LogP contribution in [0.5, 0.6) is 5.75 Å².